The number of carboxylic acids is 1. The maximum absolute atomic E-state index is 12.3. The van der Waals surface area contributed by atoms with E-state index in [9.17, 15) is 19.5 Å². The lowest BCUT2D eigenvalue weighted by molar-refractivity contribution is -0.143. The van der Waals surface area contributed by atoms with E-state index in [4.69, 9.17) is 9.26 Å². The smallest absolute Gasteiger partial charge is 0.407 e. The average Bonchev–Trinajstić information content (AvgIpc) is 3.44. The minimum Gasteiger partial charge on any atom is -0.480 e. The SMILES string of the molecule is CCC(C)(NC(=O)c1cc(CNC(=O)OCC2c3ccccc3-c3ccccc32)on1)C(=O)O. The molecular formula is C25H25N3O6. The van der Waals surface area contributed by atoms with E-state index in [2.05, 4.69) is 27.9 Å². The van der Waals surface area contributed by atoms with Crippen molar-refractivity contribution >= 4 is 18.0 Å². The summed E-state index contributed by atoms with van der Waals surface area (Å²) in [5, 5.41) is 18.0. The number of nitrogens with zero attached hydrogens (tertiary/aromatic N) is 1. The first-order valence-corrected chi connectivity index (χ1v) is 10.9. The van der Waals surface area contributed by atoms with Crippen LogP contribution in [0.3, 0.4) is 0 Å². The van der Waals surface area contributed by atoms with Crippen LogP contribution in [-0.2, 0) is 16.1 Å². The number of aliphatic carboxylic acids is 1. The van der Waals surface area contributed by atoms with Crippen LogP contribution in [0.2, 0.25) is 0 Å². The second-order valence-corrected chi connectivity index (χ2v) is 8.30. The number of carbonyl (C=O) groups excluding carboxylic acids is 2. The molecule has 1 aromatic heterocycles. The molecule has 1 heterocycles. The molecule has 0 saturated heterocycles. The standard InChI is InChI=1S/C25H25N3O6/c1-3-25(2,23(30)31)27-22(29)21-12-15(34-28-21)13-26-24(32)33-14-20-18-10-6-4-8-16(18)17-9-5-7-11-19(17)20/h4-12,20H,3,13-14H2,1-2H3,(H,26,32)(H,27,29)(H,30,31). The zero-order chi connectivity index (χ0) is 24.3. The second-order valence-electron chi connectivity index (χ2n) is 8.30. The average molecular weight is 463 g/mol. The largest absolute Gasteiger partial charge is 0.480 e. The van der Waals surface area contributed by atoms with Crippen molar-refractivity contribution in [3.05, 3.63) is 77.2 Å². The van der Waals surface area contributed by atoms with E-state index in [-0.39, 0.29) is 36.9 Å². The van der Waals surface area contributed by atoms with Crippen LogP contribution in [0.1, 0.15) is 53.6 Å². The third kappa shape index (κ3) is 4.50. The number of carbonyl (C=O) groups is 3. The molecule has 34 heavy (non-hydrogen) atoms. The Labute approximate surface area is 196 Å². The number of fused-ring (bicyclic) bond motifs is 3. The summed E-state index contributed by atoms with van der Waals surface area (Å²) < 4.78 is 10.6. The molecule has 1 aliphatic rings. The molecule has 0 aliphatic heterocycles. The van der Waals surface area contributed by atoms with Crippen LogP contribution in [-0.4, -0.2) is 40.4 Å². The highest BCUT2D eigenvalue weighted by Crippen LogP contribution is 2.44. The molecule has 176 valence electrons. The molecule has 2 aromatic carbocycles. The summed E-state index contributed by atoms with van der Waals surface area (Å²) in [6, 6.07) is 17.5. The maximum atomic E-state index is 12.3. The molecule has 3 aromatic rings. The van der Waals surface area contributed by atoms with E-state index in [1.165, 1.54) is 13.0 Å². The summed E-state index contributed by atoms with van der Waals surface area (Å²) >= 11 is 0. The van der Waals surface area contributed by atoms with E-state index < -0.39 is 23.5 Å². The third-order valence-corrected chi connectivity index (χ3v) is 6.11. The van der Waals surface area contributed by atoms with Gasteiger partial charge in [0.25, 0.3) is 5.91 Å². The van der Waals surface area contributed by atoms with Crippen molar-refractivity contribution in [1.82, 2.24) is 15.8 Å². The first kappa shape index (κ1) is 23.0. The predicted octanol–water partition coefficient (Wildman–Crippen LogP) is 3.70. The fourth-order valence-corrected chi connectivity index (χ4v) is 3.92. The van der Waals surface area contributed by atoms with Crippen molar-refractivity contribution in [2.24, 2.45) is 0 Å². The molecule has 9 nitrogen and oxygen atoms in total. The maximum Gasteiger partial charge on any atom is 0.407 e. The lowest BCUT2D eigenvalue weighted by Crippen LogP contribution is -2.51. The molecule has 0 radical (unpaired) electrons. The van der Waals surface area contributed by atoms with Gasteiger partial charge in [-0.05, 0) is 35.6 Å². The van der Waals surface area contributed by atoms with E-state index in [0.717, 1.165) is 22.3 Å². The van der Waals surface area contributed by atoms with Gasteiger partial charge < -0.3 is 25.0 Å². The zero-order valence-electron chi connectivity index (χ0n) is 18.8. The summed E-state index contributed by atoms with van der Waals surface area (Å²) in [6.45, 7) is 3.20. The molecule has 0 bridgehead atoms. The fourth-order valence-electron chi connectivity index (χ4n) is 3.92. The van der Waals surface area contributed by atoms with Gasteiger partial charge in [0, 0.05) is 12.0 Å². The monoisotopic (exact) mass is 463 g/mol. The molecule has 3 N–H and O–H groups in total. The van der Waals surface area contributed by atoms with Gasteiger partial charge in [-0.25, -0.2) is 9.59 Å². The highest BCUT2D eigenvalue weighted by atomic mass is 16.5. The lowest BCUT2D eigenvalue weighted by Gasteiger charge is -2.23. The Bertz CT molecular complexity index is 1190. The minimum absolute atomic E-state index is 0.0407. The summed E-state index contributed by atoms with van der Waals surface area (Å²) in [7, 11) is 0. The van der Waals surface area contributed by atoms with Gasteiger partial charge in [0.2, 0.25) is 0 Å². The molecule has 0 saturated carbocycles. The summed E-state index contributed by atoms with van der Waals surface area (Å²) in [4.78, 5) is 36.0. The van der Waals surface area contributed by atoms with Crippen LogP contribution < -0.4 is 10.6 Å². The first-order chi connectivity index (χ1) is 16.3. The molecule has 0 spiro atoms. The number of amides is 2. The van der Waals surface area contributed by atoms with Crippen molar-refractivity contribution in [3.63, 3.8) is 0 Å². The van der Waals surface area contributed by atoms with Gasteiger partial charge in [-0.2, -0.15) is 0 Å². The summed E-state index contributed by atoms with van der Waals surface area (Å²) in [5.41, 5.74) is 3.01. The molecule has 9 heteroatoms. The van der Waals surface area contributed by atoms with Gasteiger partial charge >= 0.3 is 12.1 Å². The predicted molar refractivity (Wildman–Crippen MR) is 122 cm³/mol. The summed E-state index contributed by atoms with van der Waals surface area (Å²) in [5.74, 6) is -1.65. The van der Waals surface area contributed by atoms with Gasteiger partial charge in [0.1, 0.15) is 12.1 Å². The molecule has 2 amide bonds. The molecule has 4 rings (SSSR count). The number of alkyl carbamates (subject to hydrolysis) is 1. The number of rotatable bonds is 8. The molecule has 0 fully saturated rings. The summed E-state index contributed by atoms with van der Waals surface area (Å²) in [6.07, 6.45) is -0.434. The van der Waals surface area contributed by atoms with Gasteiger partial charge in [0.15, 0.2) is 11.5 Å². The molecular weight excluding hydrogens is 438 g/mol. The van der Waals surface area contributed by atoms with Crippen molar-refractivity contribution in [2.75, 3.05) is 6.61 Å². The number of nitrogens with one attached hydrogen (secondary N) is 2. The van der Waals surface area contributed by atoms with Gasteiger partial charge in [0.05, 0.1) is 6.54 Å². The fraction of sp³-hybridized carbons (Fsp3) is 0.280. The lowest BCUT2D eigenvalue weighted by atomic mass is 9.98. The van der Waals surface area contributed by atoms with Crippen LogP contribution in [0.5, 0.6) is 0 Å². The normalized spacial score (nSPS) is 13.9. The number of hydrogen-bond acceptors (Lipinski definition) is 6. The molecule has 1 aliphatic carbocycles. The number of ether oxygens (including phenoxy) is 1. The Morgan fingerprint density at radius 3 is 2.29 bits per heavy atom. The van der Waals surface area contributed by atoms with Crippen LogP contribution in [0, 0.1) is 0 Å². The van der Waals surface area contributed by atoms with Crippen LogP contribution in [0.15, 0.2) is 59.1 Å². The van der Waals surface area contributed by atoms with Crippen LogP contribution in [0.4, 0.5) is 4.79 Å². The minimum atomic E-state index is -1.42. The van der Waals surface area contributed by atoms with Crippen LogP contribution in [0.25, 0.3) is 11.1 Å². The van der Waals surface area contributed by atoms with Crippen molar-refractivity contribution in [1.29, 1.82) is 0 Å². The Morgan fingerprint density at radius 2 is 1.71 bits per heavy atom. The van der Waals surface area contributed by atoms with Gasteiger partial charge in [-0.1, -0.05) is 60.6 Å². The Morgan fingerprint density at radius 1 is 1.09 bits per heavy atom. The Hall–Kier alpha value is -4.14. The number of benzene rings is 2. The van der Waals surface area contributed by atoms with E-state index in [1.54, 1.807) is 6.92 Å². The topological polar surface area (TPSA) is 131 Å². The quantitative estimate of drug-likeness (QED) is 0.464. The Kier molecular flexibility index (Phi) is 6.36. The van der Waals surface area contributed by atoms with Crippen LogP contribution >= 0.6 is 0 Å². The zero-order valence-corrected chi connectivity index (χ0v) is 18.8. The second kappa shape index (κ2) is 9.38. The van der Waals surface area contributed by atoms with Crippen molar-refractivity contribution < 1.29 is 28.8 Å². The van der Waals surface area contributed by atoms with Crippen molar-refractivity contribution in [3.8, 4) is 11.1 Å². The molecule has 1 atom stereocenters. The third-order valence-electron chi connectivity index (χ3n) is 6.11. The van der Waals surface area contributed by atoms with Crippen molar-refractivity contribution in [2.45, 2.75) is 38.3 Å². The van der Waals surface area contributed by atoms with Gasteiger partial charge in [-0.3, -0.25) is 4.79 Å². The van der Waals surface area contributed by atoms with Gasteiger partial charge in [-0.15, -0.1) is 0 Å². The first-order valence-electron chi connectivity index (χ1n) is 10.9. The number of aromatic nitrogens is 1. The molecule has 1 unspecified atom stereocenters. The number of carboxylic acid groups (broad SMARTS) is 1. The highest BCUT2D eigenvalue weighted by molar-refractivity contribution is 5.96. The van der Waals surface area contributed by atoms with E-state index in [0.29, 0.717) is 0 Å². The highest BCUT2D eigenvalue weighted by Gasteiger charge is 2.34. The number of hydrogen-bond donors (Lipinski definition) is 3. The van der Waals surface area contributed by atoms with E-state index >= 15 is 0 Å². The van der Waals surface area contributed by atoms with E-state index in [1.807, 2.05) is 36.4 Å². The Balaban J connectivity index is 1.32.